The molecule has 0 saturated heterocycles. The van der Waals surface area contributed by atoms with Gasteiger partial charge >= 0.3 is 0 Å². The predicted molar refractivity (Wildman–Crippen MR) is 63.3 cm³/mol. The van der Waals surface area contributed by atoms with E-state index in [9.17, 15) is 4.39 Å². The molecule has 1 aromatic rings. The van der Waals surface area contributed by atoms with Crippen LogP contribution in [0.4, 0.5) is 4.39 Å². The van der Waals surface area contributed by atoms with Crippen LogP contribution in [0.3, 0.4) is 0 Å². The Labute approximate surface area is 99.8 Å². The van der Waals surface area contributed by atoms with Gasteiger partial charge in [0.05, 0.1) is 0 Å². The number of benzene rings is 1. The lowest BCUT2D eigenvalue weighted by atomic mass is 10.1. The first kappa shape index (κ1) is 12.8. The van der Waals surface area contributed by atoms with E-state index < -0.39 is 0 Å². The van der Waals surface area contributed by atoms with E-state index in [1.54, 1.807) is 13.0 Å². The number of hydrogen-bond acceptors (Lipinski definition) is 1. The zero-order chi connectivity index (χ0) is 11.6. The van der Waals surface area contributed by atoms with Crippen molar-refractivity contribution < 1.29 is 4.39 Å². The highest BCUT2D eigenvalue weighted by Crippen LogP contribution is 2.29. The molecular formula is C11H14Cl2FN. The second-order valence-corrected chi connectivity index (χ2v) is 4.47. The fourth-order valence-electron chi connectivity index (χ4n) is 1.42. The third-order valence-corrected chi connectivity index (χ3v) is 3.03. The van der Waals surface area contributed by atoms with E-state index in [0.29, 0.717) is 16.5 Å². The molecule has 0 aliphatic carbocycles. The lowest BCUT2D eigenvalue weighted by Gasteiger charge is -2.23. The average molecular weight is 250 g/mol. The Kier molecular flexibility index (Phi) is 4.38. The predicted octanol–water partition coefficient (Wildman–Crippen LogP) is 3.63. The molecule has 0 heterocycles. The first-order valence-corrected chi connectivity index (χ1v) is 5.56. The van der Waals surface area contributed by atoms with Gasteiger partial charge in [-0.1, -0.05) is 11.6 Å². The van der Waals surface area contributed by atoms with E-state index >= 15 is 0 Å². The first-order chi connectivity index (χ1) is 6.97. The summed E-state index contributed by atoms with van der Waals surface area (Å²) < 4.78 is 13.4. The van der Waals surface area contributed by atoms with E-state index in [0.717, 1.165) is 5.56 Å². The van der Waals surface area contributed by atoms with Crippen molar-refractivity contribution in [2.75, 3.05) is 20.0 Å². The Balaban J connectivity index is 3.18. The van der Waals surface area contributed by atoms with Crippen LogP contribution in [0, 0.1) is 12.7 Å². The van der Waals surface area contributed by atoms with Crippen molar-refractivity contribution in [1.29, 1.82) is 0 Å². The summed E-state index contributed by atoms with van der Waals surface area (Å²) in [6.45, 7) is 1.69. The molecule has 0 spiro atoms. The quantitative estimate of drug-likeness (QED) is 0.740. The van der Waals surface area contributed by atoms with E-state index in [1.807, 2.05) is 19.0 Å². The molecule has 1 unspecified atom stereocenters. The van der Waals surface area contributed by atoms with Gasteiger partial charge in [0.1, 0.15) is 5.82 Å². The monoisotopic (exact) mass is 249 g/mol. The molecule has 0 bridgehead atoms. The molecule has 0 fully saturated rings. The van der Waals surface area contributed by atoms with Crippen LogP contribution in [0.15, 0.2) is 12.1 Å². The highest BCUT2D eigenvalue weighted by atomic mass is 35.5. The van der Waals surface area contributed by atoms with Gasteiger partial charge in [0.15, 0.2) is 0 Å². The lowest BCUT2D eigenvalue weighted by molar-refractivity contribution is 0.324. The highest BCUT2D eigenvalue weighted by molar-refractivity contribution is 6.31. The number of nitrogens with zero attached hydrogens (tertiary/aromatic N) is 1. The van der Waals surface area contributed by atoms with Crippen molar-refractivity contribution in [1.82, 2.24) is 4.90 Å². The summed E-state index contributed by atoms with van der Waals surface area (Å²) in [5.74, 6) is 0.140. The largest absolute Gasteiger partial charge is 0.301 e. The fourth-order valence-corrected chi connectivity index (χ4v) is 2.20. The smallest absolute Gasteiger partial charge is 0.126 e. The highest BCUT2D eigenvalue weighted by Gasteiger charge is 2.17. The normalized spacial score (nSPS) is 13.3. The Morgan fingerprint density at radius 1 is 1.40 bits per heavy atom. The maximum atomic E-state index is 13.4. The minimum atomic E-state index is -0.244. The fraction of sp³-hybridized carbons (Fsp3) is 0.455. The van der Waals surface area contributed by atoms with Gasteiger partial charge in [0.25, 0.3) is 0 Å². The van der Waals surface area contributed by atoms with Crippen LogP contribution in [0.25, 0.3) is 0 Å². The Bertz CT molecular complexity index is 353. The summed E-state index contributed by atoms with van der Waals surface area (Å²) in [4.78, 5) is 1.92. The maximum absolute atomic E-state index is 13.4. The molecule has 1 rings (SSSR count). The molecule has 0 N–H and O–H groups in total. The summed E-state index contributed by atoms with van der Waals surface area (Å²) >= 11 is 11.9. The summed E-state index contributed by atoms with van der Waals surface area (Å²) in [6, 6.07) is 3.04. The number of alkyl halides is 1. The molecular weight excluding hydrogens is 236 g/mol. The van der Waals surface area contributed by atoms with Gasteiger partial charge in [-0.15, -0.1) is 11.6 Å². The topological polar surface area (TPSA) is 3.24 Å². The van der Waals surface area contributed by atoms with Gasteiger partial charge in [0.2, 0.25) is 0 Å². The molecule has 4 heteroatoms. The number of halogens is 3. The summed E-state index contributed by atoms with van der Waals surface area (Å²) in [5.41, 5.74) is 1.29. The number of hydrogen-bond donors (Lipinski definition) is 0. The standard InChI is InChI=1S/C11H14Cl2FN/c1-7-4-9(13)8(5-10(7)14)11(6-12)15(2)3/h4-5,11H,6H2,1-3H3. The average Bonchev–Trinajstić information content (AvgIpc) is 2.14. The molecule has 1 nitrogen and oxygen atoms in total. The third kappa shape index (κ3) is 2.83. The van der Waals surface area contributed by atoms with Crippen molar-refractivity contribution in [3.8, 4) is 0 Å². The molecule has 84 valence electrons. The number of aryl methyl sites for hydroxylation is 1. The summed E-state index contributed by atoms with van der Waals surface area (Å²) in [7, 11) is 3.78. The zero-order valence-electron chi connectivity index (χ0n) is 9.02. The zero-order valence-corrected chi connectivity index (χ0v) is 10.5. The van der Waals surface area contributed by atoms with Gasteiger partial charge in [0, 0.05) is 16.9 Å². The van der Waals surface area contributed by atoms with E-state index in [2.05, 4.69) is 0 Å². The second-order valence-electron chi connectivity index (χ2n) is 3.76. The van der Waals surface area contributed by atoms with Gasteiger partial charge in [-0.05, 0) is 44.3 Å². The van der Waals surface area contributed by atoms with Gasteiger partial charge < -0.3 is 4.90 Å². The number of rotatable bonds is 3. The van der Waals surface area contributed by atoms with Crippen LogP contribution in [-0.4, -0.2) is 24.9 Å². The van der Waals surface area contributed by atoms with Crippen LogP contribution in [0.2, 0.25) is 5.02 Å². The molecule has 0 radical (unpaired) electrons. The molecule has 15 heavy (non-hydrogen) atoms. The van der Waals surface area contributed by atoms with Crippen LogP contribution in [0.1, 0.15) is 17.2 Å². The van der Waals surface area contributed by atoms with Crippen molar-refractivity contribution in [3.63, 3.8) is 0 Å². The maximum Gasteiger partial charge on any atom is 0.126 e. The minimum absolute atomic E-state index is 0.0609. The molecule has 0 aliphatic rings. The van der Waals surface area contributed by atoms with Crippen molar-refractivity contribution in [3.05, 3.63) is 34.1 Å². The van der Waals surface area contributed by atoms with E-state index in [4.69, 9.17) is 23.2 Å². The van der Waals surface area contributed by atoms with Gasteiger partial charge in [-0.2, -0.15) is 0 Å². The summed E-state index contributed by atoms with van der Waals surface area (Å²) in [5, 5.41) is 0.563. The van der Waals surface area contributed by atoms with Crippen LogP contribution >= 0.6 is 23.2 Å². The van der Waals surface area contributed by atoms with Gasteiger partial charge in [-0.3, -0.25) is 0 Å². The molecule has 0 amide bonds. The van der Waals surface area contributed by atoms with Crippen molar-refractivity contribution >= 4 is 23.2 Å². The third-order valence-electron chi connectivity index (χ3n) is 2.41. The van der Waals surface area contributed by atoms with Crippen molar-refractivity contribution in [2.45, 2.75) is 13.0 Å². The molecule has 1 aromatic carbocycles. The minimum Gasteiger partial charge on any atom is -0.301 e. The summed E-state index contributed by atoms with van der Waals surface area (Å²) in [6.07, 6.45) is 0. The Morgan fingerprint density at radius 2 is 2.00 bits per heavy atom. The second kappa shape index (κ2) is 5.15. The molecule has 0 aliphatic heterocycles. The molecule has 1 atom stereocenters. The van der Waals surface area contributed by atoms with E-state index in [1.165, 1.54) is 6.07 Å². The van der Waals surface area contributed by atoms with Crippen LogP contribution in [0.5, 0.6) is 0 Å². The van der Waals surface area contributed by atoms with Crippen LogP contribution < -0.4 is 0 Å². The molecule has 0 saturated carbocycles. The van der Waals surface area contributed by atoms with Crippen LogP contribution in [-0.2, 0) is 0 Å². The van der Waals surface area contributed by atoms with Crippen molar-refractivity contribution in [2.24, 2.45) is 0 Å². The molecule has 0 aromatic heterocycles. The van der Waals surface area contributed by atoms with E-state index in [-0.39, 0.29) is 11.9 Å². The lowest BCUT2D eigenvalue weighted by Crippen LogP contribution is -2.21. The van der Waals surface area contributed by atoms with Gasteiger partial charge in [-0.25, -0.2) is 4.39 Å². The Hall–Kier alpha value is -0.310. The first-order valence-electron chi connectivity index (χ1n) is 4.65. The Morgan fingerprint density at radius 3 is 2.47 bits per heavy atom. The SMILES string of the molecule is Cc1cc(Cl)c(C(CCl)N(C)C)cc1F.